The highest BCUT2D eigenvalue weighted by Gasteiger charge is 2.18. The second-order valence-electron chi connectivity index (χ2n) is 5.65. The predicted octanol–water partition coefficient (Wildman–Crippen LogP) is 2.66. The predicted molar refractivity (Wildman–Crippen MR) is 88.0 cm³/mol. The number of nitrogens with zero attached hydrogens (tertiary/aromatic N) is 1. The van der Waals surface area contributed by atoms with E-state index in [1.165, 1.54) is 12.8 Å². The van der Waals surface area contributed by atoms with Crippen molar-refractivity contribution >= 4 is 23.2 Å². The first kappa shape index (κ1) is 16.3. The molecule has 5 heteroatoms. The van der Waals surface area contributed by atoms with Crippen molar-refractivity contribution in [1.29, 1.82) is 0 Å². The molecular formula is C16H24ClN3O. The van der Waals surface area contributed by atoms with Crippen LogP contribution >= 0.6 is 11.6 Å². The Kier molecular flexibility index (Phi) is 6.03. The molecule has 1 aliphatic heterocycles. The van der Waals surface area contributed by atoms with Gasteiger partial charge in [-0.2, -0.15) is 0 Å². The first-order valence-electron chi connectivity index (χ1n) is 7.60. The van der Waals surface area contributed by atoms with E-state index in [1.54, 1.807) is 0 Å². The van der Waals surface area contributed by atoms with Gasteiger partial charge in [-0.05, 0) is 50.6 Å². The third-order valence-corrected chi connectivity index (χ3v) is 4.17. The van der Waals surface area contributed by atoms with Gasteiger partial charge in [-0.1, -0.05) is 24.6 Å². The van der Waals surface area contributed by atoms with Gasteiger partial charge in [0.1, 0.15) is 0 Å². The Hall–Kier alpha value is -1.10. The number of hydrogen-bond acceptors (Lipinski definition) is 3. The van der Waals surface area contributed by atoms with Crippen LogP contribution in [-0.4, -0.2) is 43.0 Å². The summed E-state index contributed by atoms with van der Waals surface area (Å²) in [5.41, 5.74) is 1.77. The summed E-state index contributed by atoms with van der Waals surface area (Å²) < 4.78 is 0. The maximum atomic E-state index is 12.2. The molecule has 1 unspecified atom stereocenters. The minimum Gasteiger partial charge on any atom is -0.324 e. The van der Waals surface area contributed by atoms with E-state index < -0.39 is 0 Å². The van der Waals surface area contributed by atoms with Crippen LogP contribution < -0.4 is 10.6 Å². The summed E-state index contributed by atoms with van der Waals surface area (Å²) in [7, 11) is 0. The number of nitrogens with one attached hydrogen (secondary N) is 2. The van der Waals surface area contributed by atoms with Crippen LogP contribution in [0, 0.1) is 6.92 Å². The summed E-state index contributed by atoms with van der Waals surface area (Å²) in [4.78, 5) is 14.3. The zero-order valence-electron chi connectivity index (χ0n) is 12.8. The smallest absolute Gasteiger partial charge is 0.238 e. The fourth-order valence-corrected chi connectivity index (χ4v) is 2.93. The van der Waals surface area contributed by atoms with Crippen LogP contribution in [0.3, 0.4) is 0 Å². The molecule has 2 rings (SSSR count). The summed E-state index contributed by atoms with van der Waals surface area (Å²) in [6, 6.07) is 6.17. The second kappa shape index (κ2) is 7.78. The van der Waals surface area contributed by atoms with Crippen molar-refractivity contribution in [2.45, 2.75) is 32.7 Å². The average Bonchev–Trinajstić information content (AvgIpc) is 2.94. The molecule has 0 spiro atoms. The summed E-state index contributed by atoms with van der Waals surface area (Å²) in [6.45, 7) is 7.34. The normalized spacial score (nSPS) is 18.2. The van der Waals surface area contributed by atoms with Crippen LogP contribution in [0.25, 0.3) is 0 Å². The van der Waals surface area contributed by atoms with E-state index in [-0.39, 0.29) is 5.91 Å². The summed E-state index contributed by atoms with van der Waals surface area (Å²) in [5, 5.41) is 6.95. The number of aryl methyl sites for hydroxylation is 1. The molecule has 2 N–H and O–H groups in total. The van der Waals surface area contributed by atoms with Gasteiger partial charge in [0.25, 0.3) is 0 Å². The highest BCUT2D eigenvalue weighted by molar-refractivity contribution is 6.33. The van der Waals surface area contributed by atoms with E-state index in [0.29, 0.717) is 23.3 Å². The van der Waals surface area contributed by atoms with Gasteiger partial charge < -0.3 is 10.6 Å². The van der Waals surface area contributed by atoms with Crippen molar-refractivity contribution in [3.8, 4) is 0 Å². The van der Waals surface area contributed by atoms with Crippen LogP contribution in [0.5, 0.6) is 0 Å². The Bertz CT molecular complexity index is 486. The number of hydrogen-bond donors (Lipinski definition) is 2. The molecule has 116 valence electrons. The first-order chi connectivity index (χ1) is 10.1. The van der Waals surface area contributed by atoms with Gasteiger partial charge in [0.05, 0.1) is 17.3 Å². The molecule has 1 amide bonds. The third kappa shape index (κ3) is 4.99. The van der Waals surface area contributed by atoms with Gasteiger partial charge in [-0.25, -0.2) is 0 Å². The number of rotatable bonds is 6. The van der Waals surface area contributed by atoms with Crippen LogP contribution in [0.2, 0.25) is 5.02 Å². The van der Waals surface area contributed by atoms with Gasteiger partial charge in [0, 0.05) is 12.6 Å². The standard InChI is InChI=1S/C16H24ClN3O/c1-3-20(10-13-5-4-8-18-13)11-16(21)19-15-7-6-12(2)9-14(15)17/h6-7,9,13,18H,3-5,8,10-11H2,1-2H3,(H,19,21). The van der Waals surface area contributed by atoms with E-state index in [0.717, 1.165) is 25.2 Å². The van der Waals surface area contributed by atoms with Gasteiger partial charge >= 0.3 is 0 Å². The summed E-state index contributed by atoms with van der Waals surface area (Å²) in [6.07, 6.45) is 2.43. The maximum Gasteiger partial charge on any atom is 0.238 e. The Morgan fingerprint density at radius 1 is 1.52 bits per heavy atom. The average molecular weight is 310 g/mol. The van der Waals surface area contributed by atoms with Crippen molar-refractivity contribution in [1.82, 2.24) is 10.2 Å². The van der Waals surface area contributed by atoms with Crippen LogP contribution in [0.1, 0.15) is 25.3 Å². The Morgan fingerprint density at radius 2 is 2.33 bits per heavy atom. The molecule has 4 nitrogen and oxygen atoms in total. The van der Waals surface area contributed by atoms with Gasteiger partial charge in [0.15, 0.2) is 0 Å². The Balaban J connectivity index is 1.86. The van der Waals surface area contributed by atoms with Crippen molar-refractivity contribution in [3.05, 3.63) is 28.8 Å². The Morgan fingerprint density at radius 3 is 2.95 bits per heavy atom. The molecule has 1 aromatic rings. The molecule has 0 radical (unpaired) electrons. The molecule has 1 atom stereocenters. The largest absolute Gasteiger partial charge is 0.324 e. The number of likely N-dealkylation sites (N-methyl/N-ethyl adjacent to an activating group) is 1. The first-order valence-corrected chi connectivity index (χ1v) is 7.98. The summed E-state index contributed by atoms with van der Waals surface area (Å²) >= 11 is 6.14. The number of carbonyl (C=O) groups is 1. The van der Waals surface area contributed by atoms with Gasteiger partial charge in [-0.15, -0.1) is 0 Å². The van der Waals surface area contributed by atoms with Gasteiger partial charge in [-0.3, -0.25) is 9.69 Å². The monoisotopic (exact) mass is 309 g/mol. The molecule has 1 saturated heterocycles. The topological polar surface area (TPSA) is 44.4 Å². The van der Waals surface area contributed by atoms with Crippen molar-refractivity contribution in [2.75, 3.05) is 31.5 Å². The van der Waals surface area contributed by atoms with E-state index in [4.69, 9.17) is 11.6 Å². The molecule has 0 saturated carbocycles. The number of halogens is 1. The molecule has 1 fully saturated rings. The maximum absolute atomic E-state index is 12.2. The zero-order valence-corrected chi connectivity index (χ0v) is 13.5. The molecular weight excluding hydrogens is 286 g/mol. The fourth-order valence-electron chi connectivity index (χ4n) is 2.64. The lowest BCUT2D eigenvalue weighted by molar-refractivity contribution is -0.117. The molecule has 0 aliphatic carbocycles. The van der Waals surface area contributed by atoms with Crippen molar-refractivity contribution in [2.24, 2.45) is 0 Å². The number of carbonyl (C=O) groups excluding carboxylic acids is 1. The minimum absolute atomic E-state index is 0.0133. The van der Waals surface area contributed by atoms with Crippen LogP contribution in [0.15, 0.2) is 18.2 Å². The molecule has 1 aliphatic rings. The fraction of sp³-hybridized carbons (Fsp3) is 0.562. The summed E-state index contributed by atoms with van der Waals surface area (Å²) in [5.74, 6) is -0.0133. The SMILES string of the molecule is CCN(CC(=O)Nc1ccc(C)cc1Cl)CC1CCCN1. The number of amides is 1. The second-order valence-corrected chi connectivity index (χ2v) is 6.06. The minimum atomic E-state index is -0.0133. The van der Waals surface area contributed by atoms with E-state index in [1.807, 2.05) is 25.1 Å². The third-order valence-electron chi connectivity index (χ3n) is 3.85. The lowest BCUT2D eigenvalue weighted by atomic mass is 10.2. The Labute approximate surface area is 131 Å². The van der Waals surface area contributed by atoms with E-state index in [9.17, 15) is 4.79 Å². The molecule has 0 bridgehead atoms. The quantitative estimate of drug-likeness (QED) is 0.849. The highest BCUT2D eigenvalue weighted by atomic mass is 35.5. The number of anilines is 1. The molecule has 1 heterocycles. The van der Waals surface area contributed by atoms with Crippen LogP contribution in [0.4, 0.5) is 5.69 Å². The number of benzene rings is 1. The van der Waals surface area contributed by atoms with Crippen LogP contribution in [-0.2, 0) is 4.79 Å². The van der Waals surface area contributed by atoms with Crippen molar-refractivity contribution < 1.29 is 4.79 Å². The lowest BCUT2D eigenvalue weighted by Crippen LogP contribution is -2.41. The van der Waals surface area contributed by atoms with E-state index in [2.05, 4.69) is 22.5 Å². The van der Waals surface area contributed by atoms with Crippen molar-refractivity contribution in [3.63, 3.8) is 0 Å². The van der Waals surface area contributed by atoms with E-state index >= 15 is 0 Å². The molecule has 21 heavy (non-hydrogen) atoms. The molecule has 1 aromatic carbocycles. The molecule has 0 aromatic heterocycles. The van der Waals surface area contributed by atoms with Gasteiger partial charge in [0.2, 0.25) is 5.91 Å². The highest BCUT2D eigenvalue weighted by Crippen LogP contribution is 2.22. The lowest BCUT2D eigenvalue weighted by Gasteiger charge is -2.23. The zero-order chi connectivity index (χ0) is 15.2.